The second-order valence-electron chi connectivity index (χ2n) is 10.6. The number of nitrogen functional groups attached to an aromatic ring is 2. The summed E-state index contributed by atoms with van der Waals surface area (Å²) < 4.78 is 96.7. The normalized spacial score (nSPS) is 38.6. The van der Waals surface area contributed by atoms with Crippen molar-refractivity contribution in [3.05, 3.63) is 25.3 Å². The molecule has 4 N–H and O–H groups in total. The molecule has 0 radical (unpaired) electrons. The fourth-order valence-electron chi connectivity index (χ4n) is 5.53. The van der Waals surface area contributed by atoms with Crippen molar-refractivity contribution in [2.24, 2.45) is 0 Å². The minimum absolute atomic E-state index is 0.0405. The van der Waals surface area contributed by atoms with Crippen LogP contribution in [0.25, 0.3) is 22.3 Å². The molecule has 4 aromatic rings. The lowest BCUT2D eigenvalue weighted by molar-refractivity contribution is -0.0577. The molecule has 0 spiro atoms. The first-order valence-electron chi connectivity index (χ1n) is 13.3. The highest BCUT2D eigenvalue weighted by molar-refractivity contribution is 8.48. The molecule has 7 heterocycles. The van der Waals surface area contributed by atoms with Gasteiger partial charge in [0.05, 0.1) is 25.9 Å². The third-order valence-corrected chi connectivity index (χ3v) is 11.8. The third-order valence-electron chi connectivity index (χ3n) is 7.67. The Morgan fingerprint density at radius 2 is 1.57 bits per heavy atom. The Hall–Kier alpha value is -2.87. The van der Waals surface area contributed by atoms with Crippen molar-refractivity contribution in [3.8, 4) is 5.69 Å². The topological polar surface area (TPSA) is 229 Å². The number of anilines is 2. The van der Waals surface area contributed by atoms with E-state index in [0.29, 0.717) is 0 Å². The molecular formula is C22H24F2N10O8P2S2. The molecular weight excluding hydrogens is 696 g/mol. The first-order valence-corrected chi connectivity index (χ1v) is 19.0. The summed E-state index contributed by atoms with van der Waals surface area (Å²) in [4.78, 5) is 24.2. The van der Waals surface area contributed by atoms with Crippen LogP contribution in [-0.2, 0) is 36.7 Å². The second-order valence-corrected chi connectivity index (χ2v) is 17.0. The maximum atomic E-state index is 16.8. The van der Waals surface area contributed by atoms with E-state index in [-0.39, 0.29) is 44.8 Å². The van der Waals surface area contributed by atoms with Crippen LogP contribution in [0.1, 0.15) is 19.4 Å². The fraction of sp³-hybridized carbons (Fsp3) is 0.500. The maximum absolute atomic E-state index is 16.8. The predicted octanol–water partition coefficient (Wildman–Crippen LogP) is 2.98. The summed E-state index contributed by atoms with van der Waals surface area (Å²) in [5, 5.41) is 0. The fourth-order valence-corrected chi connectivity index (χ4v) is 8.92. The number of thiol groups is 1. The Labute approximate surface area is 266 Å². The van der Waals surface area contributed by atoms with E-state index >= 15 is 8.78 Å². The number of aromatic nitrogens is 8. The zero-order valence-corrected chi connectivity index (χ0v) is 26.8. The number of nitrogens with zero attached hydrogens (tertiary/aromatic N) is 8. The minimum atomic E-state index is -4.44. The molecule has 0 bridgehead atoms. The Balaban J connectivity index is 1.21. The molecule has 3 aliphatic heterocycles. The number of nitrogens with two attached hydrogens (primary N) is 2. The van der Waals surface area contributed by atoms with E-state index in [1.54, 1.807) is 0 Å². The Morgan fingerprint density at radius 3 is 2.22 bits per heavy atom. The highest BCUT2D eigenvalue weighted by atomic mass is 32.7. The molecule has 0 saturated carbocycles. The molecule has 0 aliphatic carbocycles. The number of hydrogen-bond acceptors (Lipinski definition) is 16. The van der Waals surface area contributed by atoms with Crippen LogP contribution in [0.5, 0.6) is 0 Å². The number of ether oxygens (including phenoxy) is 2. The van der Waals surface area contributed by atoms with E-state index in [9.17, 15) is 9.13 Å². The molecule has 0 aromatic carbocycles. The van der Waals surface area contributed by atoms with Crippen molar-refractivity contribution >= 4 is 70.6 Å². The molecule has 4 aromatic heterocycles. The van der Waals surface area contributed by atoms with Crippen molar-refractivity contribution in [2.75, 3.05) is 24.7 Å². The van der Waals surface area contributed by atoms with Crippen molar-refractivity contribution in [3.63, 3.8) is 0 Å². The van der Waals surface area contributed by atoms with Gasteiger partial charge in [-0.25, -0.2) is 47.8 Å². The summed E-state index contributed by atoms with van der Waals surface area (Å²) in [5.74, 6) is 0.0850. The van der Waals surface area contributed by atoms with Crippen molar-refractivity contribution in [2.45, 2.75) is 55.6 Å². The summed E-state index contributed by atoms with van der Waals surface area (Å²) in [6.45, 7) is -9.10. The molecule has 7 rings (SSSR count). The van der Waals surface area contributed by atoms with Gasteiger partial charge in [-0.2, -0.15) is 0 Å². The smallest absolute Gasteiger partial charge is 0.382 e. The summed E-state index contributed by atoms with van der Waals surface area (Å²) in [5.41, 5.74) is 15.6. The van der Waals surface area contributed by atoms with E-state index in [4.69, 9.17) is 44.7 Å². The lowest BCUT2D eigenvalue weighted by atomic mass is 9.98. The van der Waals surface area contributed by atoms with Gasteiger partial charge in [-0.1, -0.05) is 17.9 Å². The van der Waals surface area contributed by atoms with Gasteiger partial charge in [0.2, 0.25) is 0 Å². The van der Waals surface area contributed by atoms with Crippen molar-refractivity contribution in [1.29, 1.82) is 0 Å². The van der Waals surface area contributed by atoms with Gasteiger partial charge >= 0.3 is 13.6 Å². The third kappa shape index (κ3) is 5.27. The Morgan fingerprint density at radius 1 is 0.957 bits per heavy atom. The van der Waals surface area contributed by atoms with Crippen molar-refractivity contribution < 1.29 is 45.5 Å². The van der Waals surface area contributed by atoms with E-state index in [2.05, 4.69) is 42.2 Å². The van der Waals surface area contributed by atoms with E-state index in [1.165, 1.54) is 21.8 Å². The van der Waals surface area contributed by atoms with Gasteiger partial charge in [0.1, 0.15) is 48.1 Å². The number of rotatable bonds is 2. The van der Waals surface area contributed by atoms with Crippen LogP contribution in [0.4, 0.5) is 20.4 Å². The highest BCUT2D eigenvalue weighted by Gasteiger charge is 2.60. The van der Waals surface area contributed by atoms with Crippen molar-refractivity contribution in [1.82, 2.24) is 39.0 Å². The largest absolute Gasteiger partial charge is 0.418 e. The molecule has 3 saturated heterocycles. The van der Waals surface area contributed by atoms with Crippen LogP contribution in [-0.4, -0.2) is 88.5 Å². The van der Waals surface area contributed by atoms with Crippen LogP contribution in [0.3, 0.4) is 0 Å². The van der Waals surface area contributed by atoms with Crippen LogP contribution in [0.15, 0.2) is 25.3 Å². The van der Waals surface area contributed by atoms with Gasteiger partial charge in [-0.05, 0) is 17.7 Å². The van der Waals surface area contributed by atoms with Gasteiger partial charge in [0.25, 0.3) is 0 Å². The standard InChI is InChI=1S/C22H24F2N10O8P2S2/c1-22(24)15-10(40-21(22)34-8-32-13-17(26)28-6-30-19(13)34)4-37-43(35,45)41-14-9(3-38-44(36,42-15)46-2)39-20(11(14)23)33-7-31-12-16(25)27-5-29-18(12)33/h2,5-11,14-15,20-21H,3-4H2,1H3,(H,35,45)(H2,25,27,29)(H2,26,28,30)/t9-,10-,11-,14-,15-,20-,21-,22-,43+,44-/m1/s1. The average Bonchev–Trinajstić information content (AvgIpc) is 3.76. The molecule has 246 valence electrons. The first kappa shape index (κ1) is 31.7. The number of alkyl halides is 2. The van der Waals surface area contributed by atoms with Gasteiger partial charge in [-0.15, -0.1) is 0 Å². The molecule has 3 aliphatic rings. The molecule has 0 amide bonds. The zero-order valence-electron chi connectivity index (χ0n) is 23.3. The average molecular weight is 721 g/mol. The zero-order chi connectivity index (χ0) is 32.6. The number of hydrogen-bond donors (Lipinski definition) is 3. The molecule has 24 heteroatoms. The second kappa shape index (κ2) is 11.4. The summed E-state index contributed by atoms with van der Waals surface area (Å²) in [6, 6.07) is 0. The van der Waals surface area contributed by atoms with Crippen LogP contribution in [0.2, 0.25) is 0 Å². The van der Waals surface area contributed by atoms with E-state index in [1.807, 2.05) is 0 Å². The van der Waals surface area contributed by atoms with Crippen LogP contribution >= 0.6 is 36.6 Å². The van der Waals surface area contributed by atoms with Gasteiger partial charge < -0.3 is 20.9 Å². The van der Waals surface area contributed by atoms with E-state index < -0.39 is 75.5 Å². The molecule has 46 heavy (non-hydrogen) atoms. The highest BCUT2D eigenvalue weighted by Crippen LogP contribution is 2.62. The summed E-state index contributed by atoms with van der Waals surface area (Å²) in [7, 11) is 0.174. The van der Waals surface area contributed by atoms with Crippen LogP contribution in [0, 0.1) is 5.69 Å². The first-order chi connectivity index (χ1) is 21.8. The summed E-state index contributed by atoms with van der Waals surface area (Å²) >= 11 is 4.02. The Kier molecular flexibility index (Phi) is 7.85. The maximum Gasteiger partial charge on any atom is 0.418 e. The monoisotopic (exact) mass is 720 g/mol. The van der Waals surface area contributed by atoms with Gasteiger partial charge in [-0.3, -0.25) is 27.2 Å². The summed E-state index contributed by atoms with van der Waals surface area (Å²) in [6.07, 6.45) is -6.37. The lowest BCUT2D eigenvalue weighted by Crippen LogP contribution is -2.42. The SMILES string of the molecule is C#S[P@]1(=O)OC[C@H]2O[C@@H](n3cnc4c(N)ncnc43)[C@H](F)[C@@H]2O[P@@](=O)(S)OC[C@H]2O[C@@H](n3cnc4c(N)ncnc43)[C@](C)(F)[C@@H]2O1. The molecule has 10 atom stereocenters. The van der Waals surface area contributed by atoms with E-state index in [0.717, 1.165) is 19.6 Å². The predicted molar refractivity (Wildman–Crippen MR) is 160 cm³/mol. The Bertz CT molecular complexity index is 1980. The number of fused-ring (bicyclic) bond motifs is 4. The quantitative estimate of drug-likeness (QED) is 0.200. The minimum Gasteiger partial charge on any atom is -0.382 e. The van der Waals surface area contributed by atoms with Gasteiger partial charge in [0, 0.05) is 0 Å². The van der Waals surface area contributed by atoms with Gasteiger partial charge in [0.15, 0.2) is 47.2 Å². The molecule has 3 fully saturated rings. The number of imidazole rings is 2. The lowest BCUT2D eigenvalue weighted by Gasteiger charge is -2.31. The number of halogens is 2. The molecule has 0 unspecified atom stereocenters. The molecule has 18 nitrogen and oxygen atoms in total. The van der Waals surface area contributed by atoms with Crippen LogP contribution < -0.4 is 11.5 Å².